The number of β-amino-alcohol motifs (C(OH)–C–C–N with tert-alkyl or cyclic N) is 1. The minimum atomic E-state index is -1.14. The lowest BCUT2D eigenvalue weighted by Crippen LogP contribution is -2.40. The highest BCUT2D eigenvalue weighted by molar-refractivity contribution is 7.20. The zero-order chi connectivity index (χ0) is 13.4. The molecule has 0 spiro atoms. The van der Waals surface area contributed by atoms with Crippen LogP contribution in [-0.4, -0.2) is 45.7 Å². The number of thiophene rings is 1. The monoisotopic (exact) mass is 309 g/mol. The first-order chi connectivity index (χ1) is 8.40. The molecule has 0 saturated carbocycles. The van der Waals surface area contributed by atoms with E-state index < -0.39 is 24.0 Å². The lowest BCUT2D eigenvalue weighted by Gasteiger charge is -2.20. The number of carboxylic acid groups (broad SMARTS) is 1. The summed E-state index contributed by atoms with van der Waals surface area (Å²) in [5, 5.41) is 18.5. The number of carboxylic acids is 1. The number of hydrogen-bond acceptors (Lipinski definition) is 4. The molecule has 0 aliphatic carbocycles. The minimum absolute atomic E-state index is 0.0143. The van der Waals surface area contributed by atoms with Gasteiger partial charge in [0.15, 0.2) is 0 Å². The van der Waals surface area contributed by atoms with Gasteiger partial charge in [0.25, 0.3) is 5.91 Å². The highest BCUT2D eigenvalue weighted by atomic mass is 35.5. The second kappa shape index (κ2) is 5.05. The van der Waals surface area contributed by atoms with Crippen LogP contribution in [0.2, 0.25) is 8.67 Å². The van der Waals surface area contributed by atoms with Crippen LogP contribution in [0.4, 0.5) is 0 Å². The van der Waals surface area contributed by atoms with Crippen molar-refractivity contribution in [2.24, 2.45) is 0 Å². The van der Waals surface area contributed by atoms with Gasteiger partial charge in [-0.15, -0.1) is 11.3 Å². The summed E-state index contributed by atoms with van der Waals surface area (Å²) in [6.45, 7) is -0.0143. The molecule has 98 valence electrons. The number of hydrogen-bond donors (Lipinski definition) is 2. The van der Waals surface area contributed by atoms with Crippen molar-refractivity contribution in [3.8, 4) is 0 Å². The summed E-state index contributed by atoms with van der Waals surface area (Å²) in [7, 11) is 0. The summed E-state index contributed by atoms with van der Waals surface area (Å²) in [6.07, 6.45) is -0.806. The largest absolute Gasteiger partial charge is 0.480 e. The Kier molecular flexibility index (Phi) is 3.82. The Bertz CT molecular complexity index is 504. The van der Waals surface area contributed by atoms with Crippen LogP contribution in [0.1, 0.15) is 16.8 Å². The normalized spacial score (nSPS) is 23.4. The van der Waals surface area contributed by atoms with Gasteiger partial charge < -0.3 is 15.1 Å². The maximum atomic E-state index is 12.2. The minimum Gasteiger partial charge on any atom is -0.480 e. The smallest absolute Gasteiger partial charge is 0.326 e. The summed E-state index contributed by atoms with van der Waals surface area (Å²) in [4.78, 5) is 24.3. The number of amides is 1. The molecule has 5 nitrogen and oxygen atoms in total. The second-order valence-electron chi connectivity index (χ2n) is 3.94. The van der Waals surface area contributed by atoms with Crippen molar-refractivity contribution in [1.82, 2.24) is 4.90 Å². The van der Waals surface area contributed by atoms with Gasteiger partial charge in [0.2, 0.25) is 0 Å². The summed E-state index contributed by atoms with van der Waals surface area (Å²) in [5.74, 6) is -1.66. The van der Waals surface area contributed by atoms with E-state index in [0.717, 1.165) is 16.2 Å². The van der Waals surface area contributed by atoms with Gasteiger partial charge in [0, 0.05) is 13.0 Å². The van der Waals surface area contributed by atoms with E-state index in [1.54, 1.807) is 0 Å². The quantitative estimate of drug-likeness (QED) is 0.872. The van der Waals surface area contributed by atoms with Gasteiger partial charge in [-0.2, -0.15) is 0 Å². The Balaban J connectivity index is 2.28. The van der Waals surface area contributed by atoms with E-state index in [0.29, 0.717) is 4.34 Å². The number of carbonyl (C=O) groups excluding carboxylic acids is 1. The van der Waals surface area contributed by atoms with E-state index in [1.165, 1.54) is 6.07 Å². The van der Waals surface area contributed by atoms with Crippen LogP contribution in [0.25, 0.3) is 0 Å². The van der Waals surface area contributed by atoms with Crippen molar-refractivity contribution in [3.05, 3.63) is 20.3 Å². The number of aliphatic hydroxyl groups excluding tert-OH is 1. The Morgan fingerprint density at radius 2 is 2.11 bits per heavy atom. The fourth-order valence-electron chi connectivity index (χ4n) is 1.91. The molecule has 2 atom stereocenters. The molecule has 1 aromatic rings. The number of rotatable bonds is 2. The first kappa shape index (κ1) is 13.6. The molecule has 8 heteroatoms. The molecule has 1 fully saturated rings. The topological polar surface area (TPSA) is 77.8 Å². The van der Waals surface area contributed by atoms with E-state index in [9.17, 15) is 14.7 Å². The third-order valence-electron chi connectivity index (χ3n) is 2.71. The highest BCUT2D eigenvalue weighted by Gasteiger charge is 2.40. The van der Waals surface area contributed by atoms with E-state index in [2.05, 4.69) is 0 Å². The van der Waals surface area contributed by atoms with Crippen molar-refractivity contribution in [2.45, 2.75) is 18.6 Å². The summed E-state index contributed by atoms with van der Waals surface area (Å²) < 4.78 is 0.575. The van der Waals surface area contributed by atoms with E-state index in [1.807, 2.05) is 0 Å². The molecule has 1 aliphatic rings. The molecule has 0 unspecified atom stereocenters. The van der Waals surface area contributed by atoms with Crippen LogP contribution in [-0.2, 0) is 4.79 Å². The Morgan fingerprint density at radius 1 is 1.44 bits per heavy atom. The maximum absolute atomic E-state index is 12.2. The average Bonchev–Trinajstić information content (AvgIpc) is 2.81. The Labute approximate surface area is 117 Å². The second-order valence-corrected chi connectivity index (χ2v) is 6.22. The average molecular weight is 310 g/mol. The number of aliphatic hydroxyl groups is 1. The van der Waals surface area contributed by atoms with Crippen molar-refractivity contribution in [3.63, 3.8) is 0 Å². The van der Waals surface area contributed by atoms with E-state index in [4.69, 9.17) is 28.3 Å². The first-order valence-corrected chi connectivity index (χ1v) is 6.64. The molecule has 0 aromatic carbocycles. The number of halogens is 2. The van der Waals surface area contributed by atoms with Crippen LogP contribution >= 0.6 is 34.5 Å². The van der Waals surface area contributed by atoms with Crippen molar-refractivity contribution >= 4 is 46.4 Å². The molecule has 2 heterocycles. The van der Waals surface area contributed by atoms with Crippen molar-refractivity contribution in [2.75, 3.05) is 6.54 Å². The number of carbonyl (C=O) groups is 2. The molecule has 1 aliphatic heterocycles. The Morgan fingerprint density at radius 3 is 2.61 bits per heavy atom. The fraction of sp³-hybridized carbons (Fsp3) is 0.400. The third-order valence-corrected chi connectivity index (χ3v) is 4.20. The summed E-state index contributed by atoms with van der Waals surface area (Å²) in [6, 6.07) is 0.378. The molecule has 1 amide bonds. The van der Waals surface area contributed by atoms with E-state index in [-0.39, 0.29) is 22.9 Å². The van der Waals surface area contributed by atoms with Crippen LogP contribution in [0, 0.1) is 0 Å². The molecule has 0 bridgehead atoms. The standard InChI is InChI=1S/C10H9Cl2NO4S/c11-7-2-5(8(12)18-7)9(15)13-3-4(14)1-6(13)10(16)17/h2,4,6,14H,1,3H2,(H,16,17)/t4-,6+/m1/s1. The van der Waals surface area contributed by atoms with Gasteiger partial charge >= 0.3 is 5.97 Å². The predicted molar refractivity (Wildman–Crippen MR) is 67.4 cm³/mol. The number of likely N-dealkylation sites (tertiary alicyclic amines) is 1. The van der Waals surface area contributed by atoms with Gasteiger partial charge in [-0.1, -0.05) is 23.2 Å². The molecule has 1 saturated heterocycles. The van der Waals surface area contributed by atoms with Gasteiger partial charge in [-0.3, -0.25) is 4.79 Å². The van der Waals surface area contributed by atoms with Gasteiger partial charge in [0.1, 0.15) is 10.4 Å². The van der Waals surface area contributed by atoms with Crippen LogP contribution in [0.3, 0.4) is 0 Å². The maximum Gasteiger partial charge on any atom is 0.326 e. The molecule has 2 N–H and O–H groups in total. The van der Waals surface area contributed by atoms with E-state index >= 15 is 0 Å². The molecule has 2 rings (SSSR count). The molecule has 1 aromatic heterocycles. The molecular weight excluding hydrogens is 301 g/mol. The lowest BCUT2D eigenvalue weighted by atomic mass is 10.2. The molecule has 18 heavy (non-hydrogen) atoms. The third kappa shape index (κ3) is 2.47. The first-order valence-electron chi connectivity index (χ1n) is 5.07. The fourth-order valence-corrected chi connectivity index (χ4v) is 3.36. The van der Waals surface area contributed by atoms with Crippen molar-refractivity contribution < 1.29 is 19.8 Å². The zero-order valence-electron chi connectivity index (χ0n) is 8.97. The Hall–Kier alpha value is -0.820. The molecule has 0 radical (unpaired) electrons. The summed E-state index contributed by atoms with van der Waals surface area (Å²) >= 11 is 12.6. The SMILES string of the molecule is O=C(O)[C@@H]1C[C@@H](O)CN1C(=O)c1cc(Cl)sc1Cl. The van der Waals surface area contributed by atoms with Gasteiger partial charge in [0.05, 0.1) is 16.0 Å². The predicted octanol–water partition coefficient (Wildman–Crippen LogP) is 1.71. The summed E-state index contributed by atoms with van der Waals surface area (Å²) in [5.41, 5.74) is 0.173. The number of aliphatic carboxylic acids is 1. The van der Waals surface area contributed by atoms with Crippen LogP contribution in [0.15, 0.2) is 6.07 Å². The van der Waals surface area contributed by atoms with Gasteiger partial charge in [-0.05, 0) is 6.07 Å². The van der Waals surface area contributed by atoms with Gasteiger partial charge in [-0.25, -0.2) is 4.79 Å². The van der Waals surface area contributed by atoms with Crippen LogP contribution in [0.5, 0.6) is 0 Å². The van der Waals surface area contributed by atoms with Crippen molar-refractivity contribution in [1.29, 1.82) is 0 Å². The molecular formula is C10H9Cl2NO4S. The van der Waals surface area contributed by atoms with Crippen LogP contribution < -0.4 is 0 Å². The highest BCUT2D eigenvalue weighted by Crippen LogP contribution is 2.33. The number of nitrogens with zero attached hydrogens (tertiary/aromatic N) is 1. The lowest BCUT2D eigenvalue weighted by molar-refractivity contribution is -0.141. The zero-order valence-corrected chi connectivity index (χ0v) is 11.3.